The molecule has 0 atom stereocenters. The Morgan fingerprint density at radius 2 is 1.41 bits per heavy atom. The number of hydrogen-bond acceptors (Lipinski definition) is 0. The molecule has 0 nitrogen and oxygen atoms in total. The summed E-state index contributed by atoms with van der Waals surface area (Å²) in [6.07, 6.45) is 13.6. The van der Waals surface area contributed by atoms with Crippen molar-refractivity contribution in [1.82, 2.24) is 0 Å². The number of unbranched alkanes of at least 4 members (excludes halogenated alkanes) is 1. The number of benzene rings is 2. The van der Waals surface area contributed by atoms with Crippen molar-refractivity contribution in [3.63, 3.8) is 0 Å². The minimum atomic E-state index is -1.87. The predicted molar refractivity (Wildman–Crippen MR) is 121 cm³/mol. The summed E-state index contributed by atoms with van der Waals surface area (Å²) in [5.41, 5.74) is 0.0351. The van der Waals surface area contributed by atoms with Gasteiger partial charge in [0.05, 0.1) is 2.74 Å². The highest BCUT2D eigenvalue weighted by Crippen LogP contribution is 2.45. The van der Waals surface area contributed by atoms with Gasteiger partial charge < -0.3 is 0 Å². The fraction of sp³-hybridized carbons (Fsp3) is 0.571. The van der Waals surface area contributed by atoms with Crippen LogP contribution < -0.4 is 0 Å². The zero-order chi connectivity index (χ0) is 24.4. The maximum Gasteiger partial charge on any atom is 0.194 e. The van der Waals surface area contributed by atoms with Gasteiger partial charge in [-0.15, -0.1) is 0 Å². The lowest BCUT2D eigenvalue weighted by Crippen LogP contribution is -2.25. The summed E-state index contributed by atoms with van der Waals surface area (Å²) in [7, 11) is 0. The Kier molecular flexibility index (Phi) is 6.74. The van der Waals surface area contributed by atoms with E-state index in [1.54, 1.807) is 6.07 Å². The zero-order valence-electron chi connectivity index (χ0n) is 20.8. The molecule has 0 heterocycles. The summed E-state index contributed by atoms with van der Waals surface area (Å²) >= 11 is 0. The van der Waals surface area contributed by atoms with Crippen LogP contribution >= 0.6 is 0 Å². The topological polar surface area (TPSA) is 0 Å². The van der Waals surface area contributed by atoms with Gasteiger partial charge >= 0.3 is 0 Å². The van der Waals surface area contributed by atoms with Gasteiger partial charge in [-0.1, -0.05) is 51.2 Å². The van der Waals surface area contributed by atoms with Crippen molar-refractivity contribution in [2.75, 3.05) is 0 Å². The molecule has 2 aliphatic rings. The highest BCUT2D eigenvalue weighted by atomic mass is 19.2. The molecule has 0 saturated heterocycles. The second-order valence-corrected chi connectivity index (χ2v) is 9.84. The normalized spacial score (nSPS) is 27.2. The van der Waals surface area contributed by atoms with Gasteiger partial charge in [0.25, 0.3) is 0 Å². The largest absolute Gasteiger partial charge is 0.206 e. The highest BCUT2D eigenvalue weighted by Gasteiger charge is 2.31. The van der Waals surface area contributed by atoms with Crippen molar-refractivity contribution in [1.29, 1.82) is 0 Å². The van der Waals surface area contributed by atoms with Crippen LogP contribution in [0.25, 0.3) is 11.1 Å². The van der Waals surface area contributed by atoms with E-state index < -0.39 is 40.9 Å². The van der Waals surface area contributed by atoms with Gasteiger partial charge in [-0.25, -0.2) is 17.6 Å². The second-order valence-electron chi connectivity index (χ2n) is 9.84. The minimum absolute atomic E-state index is 0.230. The van der Waals surface area contributed by atoms with Crippen LogP contribution in [-0.2, 0) is 0 Å². The van der Waals surface area contributed by atoms with Crippen LogP contribution in [0.2, 0.25) is 0 Å². The first-order valence-electron chi connectivity index (χ1n) is 13.2. The SMILES string of the molecule is [2H]c1c(F)c(F)c(F)c([2H])c1-c1ccc(C2CCC(C3CCC(CCCC)CC3)CC2)cc1F. The third kappa shape index (κ3) is 5.21. The lowest BCUT2D eigenvalue weighted by molar-refractivity contribution is 0.156. The van der Waals surface area contributed by atoms with E-state index in [-0.39, 0.29) is 11.5 Å². The number of hydrogen-bond donors (Lipinski definition) is 0. The Morgan fingerprint density at radius 1 is 0.812 bits per heavy atom. The van der Waals surface area contributed by atoms with Gasteiger partial charge in [0, 0.05) is 5.56 Å². The molecule has 4 heteroatoms. The Balaban J connectivity index is 1.41. The Labute approximate surface area is 192 Å². The first kappa shape index (κ1) is 20.7. The van der Waals surface area contributed by atoms with Crippen LogP contribution in [0.4, 0.5) is 17.6 Å². The first-order chi connectivity index (χ1) is 16.3. The van der Waals surface area contributed by atoms with Gasteiger partial charge in [0.15, 0.2) is 17.5 Å². The third-order valence-electron chi connectivity index (χ3n) is 7.88. The van der Waals surface area contributed by atoms with Gasteiger partial charge in [-0.05, 0) is 91.5 Å². The molecule has 0 radical (unpaired) electrons. The molecule has 0 unspecified atom stereocenters. The molecule has 0 aromatic heterocycles. The molecule has 0 amide bonds. The molecule has 2 fully saturated rings. The van der Waals surface area contributed by atoms with Crippen molar-refractivity contribution in [3.8, 4) is 11.1 Å². The molecule has 2 aromatic rings. The third-order valence-corrected chi connectivity index (χ3v) is 7.88. The number of halogens is 4. The van der Waals surface area contributed by atoms with Gasteiger partial charge in [0.2, 0.25) is 0 Å². The molecule has 2 saturated carbocycles. The zero-order valence-corrected chi connectivity index (χ0v) is 18.8. The molecular weight excluding hydrogens is 412 g/mol. The molecule has 2 aromatic carbocycles. The molecule has 32 heavy (non-hydrogen) atoms. The van der Waals surface area contributed by atoms with E-state index in [0.717, 1.165) is 49.0 Å². The van der Waals surface area contributed by atoms with Crippen LogP contribution in [0, 0.1) is 41.0 Å². The van der Waals surface area contributed by atoms with Crippen molar-refractivity contribution in [2.24, 2.45) is 17.8 Å². The second kappa shape index (κ2) is 10.4. The number of rotatable bonds is 6. The first-order valence-corrected chi connectivity index (χ1v) is 12.2. The van der Waals surface area contributed by atoms with Gasteiger partial charge in [0.1, 0.15) is 5.82 Å². The quantitative estimate of drug-likeness (QED) is 0.305. The van der Waals surface area contributed by atoms with Crippen LogP contribution in [0.3, 0.4) is 0 Å². The van der Waals surface area contributed by atoms with Crippen molar-refractivity contribution in [2.45, 2.75) is 83.5 Å². The molecule has 0 N–H and O–H groups in total. The Hall–Kier alpha value is -1.84. The van der Waals surface area contributed by atoms with Crippen molar-refractivity contribution >= 4 is 0 Å². The lowest BCUT2D eigenvalue weighted by atomic mass is 9.68. The highest BCUT2D eigenvalue weighted by molar-refractivity contribution is 5.65. The summed E-state index contributed by atoms with van der Waals surface area (Å²) in [6.45, 7) is 2.26. The van der Waals surface area contributed by atoms with E-state index in [4.69, 9.17) is 2.74 Å². The minimum Gasteiger partial charge on any atom is -0.206 e. The molecule has 0 aliphatic heterocycles. The fourth-order valence-corrected chi connectivity index (χ4v) is 5.94. The van der Waals surface area contributed by atoms with Gasteiger partial charge in [-0.3, -0.25) is 0 Å². The molecule has 0 spiro atoms. The molecular formula is C28H34F4. The standard InChI is InChI=1S/C28H34F4/c1-2-3-4-18-5-7-19(8-6-18)20-9-11-21(12-10-20)22-13-14-24(25(29)15-22)23-16-26(30)28(32)27(31)17-23/h13-21H,2-12H2,1H3/i16D,17D. The van der Waals surface area contributed by atoms with Crippen molar-refractivity contribution < 1.29 is 20.3 Å². The predicted octanol–water partition coefficient (Wildman–Crippen LogP) is 9.18. The van der Waals surface area contributed by atoms with Crippen molar-refractivity contribution in [3.05, 3.63) is 59.1 Å². The monoisotopic (exact) mass is 448 g/mol. The van der Waals surface area contributed by atoms with Crippen LogP contribution in [0.5, 0.6) is 0 Å². The summed E-state index contributed by atoms with van der Waals surface area (Å²) in [5.74, 6) is -3.32. The average molecular weight is 449 g/mol. The molecule has 0 bridgehead atoms. The summed E-state index contributed by atoms with van der Waals surface area (Å²) < 4.78 is 71.8. The van der Waals surface area contributed by atoms with E-state index in [0.29, 0.717) is 0 Å². The maximum atomic E-state index is 15.0. The molecule has 4 rings (SSSR count). The van der Waals surface area contributed by atoms with Crippen LogP contribution in [0.1, 0.15) is 91.8 Å². The lowest BCUT2D eigenvalue weighted by Gasteiger charge is -2.38. The fourth-order valence-electron chi connectivity index (χ4n) is 5.94. The Morgan fingerprint density at radius 3 is 1.97 bits per heavy atom. The smallest absolute Gasteiger partial charge is 0.194 e. The van der Waals surface area contributed by atoms with E-state index in [1.165, 1.54) is 57.1 Å². The van der Waals surface area contributed by atoms with Crippen LogP contribution in [0.15, 0.2) is 30.3 Å². The summed E-state index contributed by atoms with van der Waals surface area (Å²) in [6, 6.07) is 2.45. The van der Waals surface area contributed by atoms with E-state index in [2.05, 4.69) is 6.92 Å². The maximum absolute atomic E-state index is 15.0. The summed E-state index contributed by atoms with van der Waals surface area (Å²) in [4.78, 5) is 0. The van der Waals surface area contributed by atoms with E-state index in [9.17, 15) is 13.2 Å². The van der Waals surface area contributed by atoms with Crippen LogP contribution in [-0.4, -0.2) is 0 Å². The van der Waals surface area contributed by atoms with E-state index in [1.807, 2.05) is 0 Å². The Bertz CT molecular complexity index is 977. The van der Waals surface area contributed by atoms with E-state index >= 15 is 4.39 Å². The molecule has 2 aliphatic carbocycles. The molecule has 174 valence electrons. The van der Waals surface area contributed by atoms with Gasteiger partial charge in [-0.2, -0.15) is 0 Å². The summed E-state index contributed by atoms with van der Waals surface area (Å²) in [5, 5.41) is 0. The average Bonchev–Trinajstić information content (AvgIpc) is 2.86.